The molecular weight excluding hydrogens is 374 g/mol. The van der Waals surface area contributed by atoms with E-state index in [9.17, 15) is 14.4 Å². The second-order valence-electron chi connectivity index (χ2n) is 6.17. The lowest BCUT2D eigenvalue weighted by Gasteiger charge is -2.14. The van der Waals surface area contributed by atoms with E-state index in [-0.39, 0.29) is 24.8 Å². The van der Waals surface area contributed by atoms with E-state index in [2.05, 4.69) is 5.32 Å². The van der Waals surface area contributed by atoms with E-state index < -0.39 is 17.9 Å². The van der Waals surface area contributed by atoms with E-state index in [0.717, 1.165) is 0 Å². The zero-order valence-corrected chi connectivity index (χ0v) is 16.2. The number of amidine groups is 1. The molecule has 1 atom stereocenters. The summed E-state index contributed by atoms with van der Waals surface area (Å²) < 4.78 is 10.1. The highest BCUT2D eigenvalue weighted by Gasteiger charge is 2.18. The molecule has 0 heterocycles. The molecule has 0 unspecified atom stereocenters. The number of esters is 1. The molecule has 1 amide bonds. The summed E-state index contributed by atoms with van der Waals surface area (Å²) >= 11 is 0. The number of amides is 1. The van der Waals surface area contributed by atoms with Gasteiger partial charge in [0, 0.05) is 16.7 Å². The number of rotatable bonds is 9. The molecule has 29 heavy (non-hydrogen) atoms. The van der Waals surface area contributed by atoms with Crippen LogP contribution in [0.25, 0.3) is 0 Å². The van der Waals surface area contributed by atoms with Crippen molar-refractivity contribution < 1.29 is 23.9 Å². The number of carbonyl (C=O) groups is 3. The SMILES string of the molecule is CCOC(=O)COc1ccc(C(=O)[C@H](C)NC(=O)c2ccc(C(=N)N)cc2)cc1. The van der Waals surface area contributed by atoms with Crippen LogP contribution in [-0.2, 0) is 9.53 Å². The van der Waals surface area contributed by atoms with Crippen molar-refractivity contribution in [3.05, 3.63) is 65.2 Å². The van der Waals surface area contributed by atoms with Gasteiger partial charge in [-0.3, -0.25) is 15.0 Å². The fourth-order valence-corrected chi connectivity index (χ4v) is 2.46. The normalized spacial score (nSPS) is 11.2. The van der Waals surface area contributed by atoms with Gasteiger partial charge in [0.15, 0.2) is 12.4 Å². The molecule has 8 heteroatoms. The van der Waals surface area contributed by atoms with Crippen LogP contribution in [0.4, 0.5) is 0 Å². The molecule has 0 aliphatic heterocycles. The summed E-state index contributed by atoms with van der Waals surface area (Å²) in [5.41, 5.74) is 6.65. The lowest BCUT2D eigenvalue weighted by molar-refractivity contribution is -0.145. The highest BCUT2D eigenvalue weighted by Crippen LogP contribution is 2.14. The molecule has 152 valence electrons. The molecule has 2 aromatic carbocycles. The Kier molecular flexibility index (Phi) is 7.47. The van der Waals surface area contributed by atoms with Crippen molar-refractivity contribution in [1.82, 2.24) is 5.32 Å². The molecule has 8 nitrogen and oxygen atoms in total. The largest absolute Gasteiger partial charge is 0.482 e. The second kappa shape index (κ2) is 10.0. The van der Waals surface area contributed by atoms with Gasteiger partial charge in [0.2, 0.25) is 0 Å². The lowest BCUT2D eigenvalue weighted by atomic mass is 10.0. The van der Waals surface area contributed by atoms with Gasteiger partial charge in [-0.1, -0.05) is 12.1 Å². The minimum atomic E-state index is -0.749. The molecule has 2 rings (SSSR count). The minimum absolute atomic E-state index is 0.0878. The lowest BCUT2D eigenvalue weighted by Crippen LogP contribution is -2.38. The van der Waals surface area contributed by atoms with Crippen LogP contribution >= 0.6 is 0 Å². The first kappa shape index (κ1) is 21.6. The summed E-state index contributed by atoms with van der Waals surface area (Å²) in [6, 6.07) is 11.7. The van der Waals surface area contributed by atoms with Crippen LogP contribution in [0, 0.1) is 5.41 Å². The number of hydrogen-bond acceptors (Lipinski definition) is 6. The van der Waals surface area contributed by atoms with Crippen LogP contribution in [0.3, 0.4) is 0 Å². The van der Waals surface area contributed by atoms with Crippen LogP contribution in [0.1, 0.15) is 40.1 Å². The average Bonchev–Trinajstić information content (AvgIpc) is 2.72. The standard InChI is InChI=1S/C21H23N3O5/c1-3-28-18(25)12-29-17-10-8-14(9-11-17)19(26)13(2)24-21(27)16-6-4-15(5-7-16)20(22)23/h4-11,13H,3,12H2,1-2H3,(H3,22,23)(H,24,27)/t13-/m0/s1. The van der Waals surface area contributed by atoms with Crippen LogP contribution < -0.4 is 15.8 Å². The number of nitrogens with one attached hydrogen (secondary N) is 2. The average molecular weight is 397 g/mol. The van der Waals surface area contributed by atoms with E-state index >= 15 is 0 Å². The van der Waals surface area contributed by atoms with Crippen LogP contribution in [0.2, 0.25) is 0 Å². The molecule has 0 fully saturated rings. The maximum absolute atomic E-state index is 12.5. The molecular formula is C21H23N3O5. The molecule has 0 saturated heterocycles. The zero-order valence-electron chi connectivity index (χ0n) is 16.2. The summed E-state index contributed by atoms with van der Waals surface area (Å²) in [5, 5.41) is 10.0. The van der Waals surface area contributed by atoms with Crippen molar-refractivity contribution in [1.29, 1.82) is 5.41 Å². The molecule has 0 saturated carbocycles. The Morgan fingerprint density at radius 3 is 2.10 bits per heavy atom. The summed E-state index contributed by atoms with van der Waals surface area (Å²) in [7, 11) is 0. The quantitative estimate of drug-likeness (QED) is 0.256. The van der Waals surface area contributed by atoms with Gasteiger partial charge >= 0.3 is 5.97 Å². The van der Waals surface area contributed by atoms with E-state index in [4.69, 9.17) is 20.6 Å². The van der Waals surface area contributed by atoms with Crippen LogP contribution in [0.5, 0.6) is 5.75 Å². The van der Waals surface area contributed by atoms with Gasteiger partial charge in [0.1, 0.15) is 11.6 Å². The summed E-state index contributed by atoms with van der Waals surface area (Å²) in [6.45, 7) is 3.37. The van der Waals surface area contributed by atoms with Gasteiger partial charge < -0.3 is 20.5 Å². The van der Waals surface area contributed by atoms with Gasteiger partial charge in [-0.05, 0) is 50.2 Å². The predicted octanol–water partition coefficient (Wildman–Crippen LogP) is 1.91. The van der Waals surface area contributed by atoms with Crippen molar-refractivity contribution in [2.45, 2.75) is 19.9 Å². The fraction of sp³-hybridized carbons (Fsp3) is 0.238. The third-order valence-corrected chi connectivity index (χ3v) is 4.00. The number of nitrogen functional groups attached to an aromatic ring is 1. The van der Waals surface area contributed by atoms with Crippen molar-refractivity contribution in [3.63, 3.8) is 0 Å². The third-order valence-electron chi connectivity index (χ3n) is 4.00. The Morgan fingerprint density at radius 1 is 1.00 bits per heavy atom. The number of carbonyl (C=O) groups excluding carboxylic acids is 3. The third kappa shape index (κ3) is 6.17. The van der Waals surface area contributed by atoms with Gasteiger partial charge in [0.25, 0.3) is 5.91 Å². The van der Waals surface area contributed by atoms with Gasteiger partial charge in [-0.15, -0.1) is 0 Å². The molecule has 4 N–H and O–H groups in total. The first-order chi connectivity index (χ1) is 13.8. The first-order valence-electron chi connectivity index (χ1n) is 8.99. The number of ether oxygens (including phenoxy) is 2. The maximum atomic E-state index is 12.5. The van der Waals surface area contributed by atoms with Crippen LogP contribution in [-0.4, -0.2) is 42.8 Å². The van der Waals surface area contributed by atoms with E-state index in [1.165, 1.54) is 0 Å². The maximum Gasteiger partial charge on any atom is 0.344 e. The predicted molar refractivity (Wildman–Crippen MR) is 107 cm³/mol. The monoisotopic (exact) mass is 397 g/mol. The van der Waals surface area contributed by atoms with E-state index in [0.29, 0.717) is 22.4 Å². The van der Waals surface area contributed by atoms with E-state index in [1.807, 2.05) is 0 Å². The molecule has 0 aliphatic carbocycles. The Balaban J connectivity index is 1.94. The van der Waals surface area contributed by atoms with Gasteiger partial charge in [0.05, 0.1) is 12.6 Å². The Hall–Kier alpha value is -3.68. The van der Waals surface area contributed by atoms with E-state index in [1.54, 1.807) is 62.4 Å². The summed E-state index contributed by atoms with van der Waals surface area (Å²) in [5.74, 6) is -0.807. The number of hydrogen-bond donors (Lipinski definition) is 3. The Labute approximate surface area is 168 Å². The highest BCUT2D eigenvalue weighted by atomic mass is 16.6. The molecule has 0 aliphatic rings. The number of ketones is 1. The zero-order chi connectivity index (χ0) is 21.4. The number of nitrogens with two attached hydrogens (primary N) is 1. The van der Waals surface area contributed by atoms with Gasteiger partial charge in [-0.2, -0.15) is 0 Å². The smallest absolute Gasteiger partial charge is 0.344 e. The Morgan fingerprint density at radius 2 is 1.55 bits per heavy atom. The second-order valence-corrected chi connectivity index (χ2v) is 6.17. The molecule has 0 aromatic heterocycles. The van der Waals surface area contributed by atoms with Crippen molar-refractivity contribution >= 4 is 23.5 Å². The van der Waals surface area contributed by atoms with Crippen LogP contribution in [0.15, 0.2) is 48.5 Å². The summed E-state index contributed by atoms with van der Waals surface area (Å²) in [4.78, 5) is 36.2. The Bertz CT molecular complexity index is 892. The molecule has 2 aromatic rings. The molecule has 0 bridgehead atoms. The molecule has 0 radical (unpaired) electrons. The van der Waals surface area contributed by atoms with Crippen molar-refractivity contribution in [2.75, 3.05) is 13.2 Å². The number of Topliss-reactive ketones (excluding diaryl/α,β-unsaturated/α-hetero) is 1. The molecule has 0 spiro atoms. The minimum Gasteiger partial charge on any atom is -0.482 e. The highest BCUT2D eigenvalue weighted by molar-refractivity contribution is 6.04. The fourth-order valence-electron chi connectivity index (χ4n) is 2.46. The van der Waals surface area contributed by atoms with Gasteiger partial charge in [-0.25, -0.2) is 4.79 Å². The van der Waals surface area contributed by atoms with Crippen molar-refractivity contribution in [2.24, 2.45) is 5.73 Å². The summed E-state index contributed by atoms with van der Waals surface area (Å²) in [6.07, 6.45) is 0. The first-order valence-corrected chi connectivity index (χ1v) is 8.99. The topological polar surface area (TPSA) is 132 Å². The number of benzene rings is 2. The van der Waals surface area contributed by atoms with Crippen molar-refractivity contribution in [3.8, 4) is 5.75 Å².